The highest BCUT2D eigenvalue weighted by Crippen LogP contribution is 2.37. The lowest BCUT2D eigenvalue weighted by molar-refractivity contribution is -0.118. The van der Waals surface area contributed by atoms with E-state index in [0.29, 0.717) is 28.0 Å². The number of nitrogens with zero attached hydrogens (tertiary/aromatic N) is 5. The van der Waals surface area contributed by atoms with Crippen molar-refractivity contribution in [3.8, 4) is 22.9 Å². The van der Waals surface area contributed by atoms with Gasteiger partial charge < -0.3 is 14.2 Å². The molecule has 0 saturated carbocycles. The summed E-state index contributed by atoms with van der Waals surface area (Å²) in [7, 11) is 4.58. The smallest absolute Gasteiger partial charge is 0.250 e. The average molecular weight is 428 g/mol. The van der Waals surface area contributed by atoms with Crippen molar-refractivity contribution >= 4 is 23.9 Å². The number of para-hydroxylation sites is 1. The standard InChI is InChI=1S/C19H20N6O4S/c1-27-15-9-13(10-16(28-2)18(15)29-3)11-20-21-17(26)12-30-19-22-23-24-25(19)14-7-5-4-6-8-14/h4-11H,12H2,1-3H3,(H,21,26)/b20-11+. The Balaban J connectivity index is 1.59. The monoisotopic (exact) mass is 428 g/mol. The Labute approximate surface area is 177 Å². The summed E-state index contributed by atoms with van der Waals surface area (Å²) in [4.78, 5) is 12.1. The second kappa shape index (κ2) is 10.3. The number of carbonyl (C=O) groups excluding carboxylic acids is 1. The van der Waals surface area contributed by atoms with E-state index in [1.165, 1.54) is 39.3 Å². The van der Waals surface area contributed by atoms with Crippen molar-refractivity contribution in [1.82, 2.24) is 25.6 Å². The van der Waals surface area contributed by atoms with E-state index in [1.54, 1.807) is 16.8 Å². The molecule has 10 nitrogen and oxygen atoms in total. The second-order valence-electron chi connectivity index (χ2n) is 5.75. The van der Waals surface area contributed by atoms with E-state index in [1.807, 2.05) is 30.3 Å². The molecule has 0 spiro atoms. The first kappa shape index (κ1) is 21.1. The Morgan fingerprint density at radius 1 is 1.13 bits per heavy atom. The van der Waals surface area contributed by atoms with Gasteiger partial charge in [-0.1, -0.05) is 30.0 Å². The number of rotatable bonds is 9. The van der Waals surface area contributed by atoms with Crippen molar-refractivity contribution in [2.24, 2.45) is 5.10 Å². The largest absolute Gasteiger partial charge is 0.493 e. The number of carbonyl (C=O) groups is 1. The number of ether oxygens (including phenoxy) is 3. The molecule has 1 heterocycles. The number of hydrazone groups is 1. The highest BCUT2D eigenvalue weighted by atomic mass is 32.2. The zero-order valence-electron chi connectivity index (χ0n) is 16.6. The van der Waals surface area contributed by atoms with Gasteiger partial charge in [0.25, 0.3) is 5.91 Å². The van der Waals surface area contributed by atoms with Gasteiger partial charge in [-0.3, -0.25) is 4.79 Å². The number of benzene rings is 2. The van der Waals surface area contributed by atoms with Crippen LogP contribution in [0.3, 0.4) is 0 Å². The molecule has 0 fully saturated rings. The van der Waals surface area contributed by atoms with Crippen LogP contribution in [-0.2, 0) is 4.79 Å². The quantitative estimate of drug-likeness (QED) is 0.313. The molecule has 0 radical (unpaired) electrons. The first-order valence-electron chi connectivity index (χ1n) is 8.74. The Morgan fingerprint density at radius 3 is 2.47 bits per heavy atom. The van der Waals surface area contributed by atoms with Crippen molar-refractivity contribution in [2.75, 3.05) is 27.1 Å². The van der Waals surface area contributed by atoms with Gasteiger partial charge >= 0.3 is 0 Å². The number of aromatic nitrogens is 4. The lowest BCUT2D eigenvalue weighted by Crippen LogP contribution is -2.20. The van der Waals surface area contributed by atoms with E-state index >= 15 is 0 Å². The molecule has 0 aliphatic rings. The van der Waals surface area contributed by atoms with Gasteiger partial charge in [-0.15, -0.1) is 5.10 Å². The molecule has 30 heavy (non-hydrogen) atoms. The van der Waals surface area contributed by atoms with Crippen molar-refractivity contribution in [3.05, 3.63) is 48.0 Å². The van der Waals surface area contributed by atoms with E-state index in [4.69, 9.17) is 14.2 Å². The Morgan fingerprint density at radius 2 is 1.83 bits per heavy atom. The molecule has 3 rings (SSSR count). The van der Waals surface area contributed by atoms with Crippen molar-refractivity contribution in [1.29, 1.82) is 0 Å². The highest BCUT2D eigenvalue weighted by Gasteiger charge is 2.13. The zero-order chi connectivity index (χ0) is 21.3. The number of hydrogen-bond donors (Lipinski definition) is 1. The first-order chi connectivity index (χ1) is 14.7. The molecule has 0 saturated heterocycles. The maximum absolute atomic E-state index is 12.1. The molecule has 2 aromatic carbocycles. The lowest BCUT2D eigenvalue weighted by atomic mass is 10.2. The molecule has 0 atom stereocenters. The minimum absolute atomic E-state index is 0.0970. The molecule has 1 N–H and O–H groups in total. The molecule has 0 aliphatic heterocycles. The summed E-state index contributed by atoms with van der Waals surface area (Å²) in [5.74, 6) is 1.26. The van der Waals surface area contributed by atoms with Gasteiger partial charge in [0.15, 0.2) is 11.5 Å². The first-order valence-corrected chi connectivity index (χ1v) is 9.73. The van der Waals surface area contributed by atoms with Crippen molar-refractivity contribution in [3.63, 3.8) is 0 Å². The zero-order valence-corrected chi connectivity index (χ0v) is 17.4. The van der Waals surface area contributed by atoms with E-state index in [-0.39, 0.29) is 11.7 Å². The van der Waals surface area contributed by atoms with Crippen LogP contribution in [0.25, 0.3) is 5.69 Å². The van der Waals surface area contributed by atoms with E-state index in [9.17, 15) is 4.79 Å². The molecular formula is C19H20N6O4S. The van der Waals surface area contributed by atoms with Gasteiger partial charge in [0.05, 0.1) is 39.0 Å². The Hall–Kier alpha value is -3.60. The maximum atomic E-state index is 12.1. The predicted octanol–water partition coefficient (Wildman–Crippen LogP) is 1.93. The van der Waals surface area contributed by atoms with Gasteiger partial charge in [0, 0.05) is 5.56 Å². The molecule has 1 amide bonds. The van der Waals surface area contributed by atoms with E-state index < -0.39 is 0 Å². The Kier molecular flexibility index (Phi) is 7.22. The number of nitrogens with one attached hydrogen (secondary N) is 1. The van der Waals surface area contributed by atoms with Crippen molar-refractivity contribution in [2.45, 2.75) is 5.16 Å². The molecule has 0 unspecified atom stereocenters. The van der Waals surface area contributed by atoms with Crippen LogP contribution in [0, 0.1) is 0 Å². The Bertz CT molecular complexity index is 1000. The summed E-state index contributed by atoms with van der Waals surface area (Å²) in [6.45, 7) is 0. The molecule has 11 heteroatoms. The molecule has 0 bridgehead atoms. The summed E-state index contributed by atoms with van der Waals surface area (Å²) in [5, 5.41) is 16.1. The van der Waals surface area contributed by atoms with Gasteiger partial charge in [0.1, 0.15) is 0 Å². The lowest BCUT2D eigenvalue weighted by Gasteiger charge is -2.12. The van der Waals surface area contributed by atoms with Crippen LogP contribution in [0.15, 0.2) is 52.7 Å². The SMILES string of the molecule is COc1cc(/C=N/NC(=O)CSc2nnnn2-c2ccccc2)cc(OC)c1OC. The normalized spacial score (nSPS) is 10.8. The molecule has 3 aromatic rings. The predicted molar refractivity (Wildman–Crippen MR) is 112 cm³/mol. The van der Waals surface area contributed by atoms with Gasteiger partial charge in [-0.2, -0.15) is 9.78 Å². The van der Waals surface area contributed by atoms with Gasteiger partial charge in [0.2, 0.25) is 10.9 Å². The van der Waals surface area contributed by atoms with Gasteiger partial charge in [-0.25, -0.2) is 5.43 Å². The number of amides is 1. The van der Waals surface area contributed by atoms with Crippen LogP contribution in [-0.4, -0.2) is 59.4 Å². The van der Waals surface area contributed by atoms with Crippen LogP contribution < -0.4 is 19.6 Å². The van der Waals surface area contributed by atoms with Gasteiger partial charge in [-0.05, 0) is 34.7 Å². The fourth-order valence-corrected chi connectivity index (χ4v) is 3.20. The third kappa shape index (κ3) is 5.06. The topological polar surface area (TPSA) is 113 Å². The third-order valence-corrected chi connectivity index (χ3v) is 4.78. The van der Waals surface area contributed by atoms with Crippen LogP contribution in [0.5, 0.6) is 17.2 Å². The van der Waals surface area contributed by atoms with Crippen LogP contribution in [0.2, 0.25) is 0 Å². The van der Waals surface area contributed by atoms with Crippen LogP contribution in [0.1, 0.15) is 5.56 Å². The molecule has 156 valence electrons. The molecule has 0 aliphatic carbocycles. The number of tetrazole rings is 1. The summed E-state index contributed by atoms with van der Waals surface area (Å²) in [5.41, 5.74) is 3.96. The van der Waals surface area contributed by atoms with E-state index in [0.717, 1.165) is 5.69 Å². The maximum Gasteiger partial charge on any atom is 0.250 e. The molecule has 1 aromatic heterocycles. The summed E-state index contributed by atoms with van der Waals surface area (Å²) in [6, 6.07) is 12.9. The number of thioether (sulfide) groups is 1. The second-order valence-corrected chi connectivity index (χ2v) is 6.69. The highest BCUT2D eigenvalue weighted by molar-refractivity contribution is 7.99. The molecular weight excluding hydrogens is 408 g/mol. The average Bonchev–Trinajstić information content (AvgIpc) is 3.26. The fraction of sp³-hybridized carbons (Fsp3) is 0.211. The summed E-state index contributed by atoms with van der Waals surface area (Å²) in [6.07, 6.45) is 1.49. The van der Waals surface area contributed by atoms with Crippen LogP contribution >= 0.6 is 11.8 Å². The van der Waals surface area contributed by atoms with Crippen molar-refractivity contribution < 1.29 is 19.0 Å². The minimum atomic E-state index is -0.300. The fourth-order valence-electron chi connectivity index (χ4n) is 2.52. The van der Waals surface area contributed by atoms with E-state index in [2.05, 4.69) is 26.1 Å². The summed E-state index contributed by atoms with van der Waals surface area (Å²) >= 11 is 1.20. The number of hydrogen-bond acceptors (Lipinski definition) is 9. The minimum Gasteiger partial charge on any atom is -0.493 e. The number of methoxy groups -OCH3 is 3. The summed E-state index contributed by atoms with van der Waals surface area (Å²) < 4.78 is 17.4. The third-order valence-electron chi connectivity index (χ3n) is 3.86. The van der Waals surface area contributed by atoms with Crippen LogP contribution in [0.4, 0.5) is 0 Å².